The molecule has 5 rings (SSSR count). The number of H-pyrrole nitrogens is 1. The summed E-state index contributed by atoms with van der Waals surface area (Å²) in [7, 11) is 0. The third-order valence-corrected chi connectivity index (χ3v) is 6.42. The van der Waals surface area contributed by atoms with Gasteiger partial charge in [0, 0.05) is 44.1 Å². The van der Waals surface area contributed by atoms with Crippen molar-refractivity contribution < 1.29 is 9.50 Å². The Morgan fingerprint density at radius 2 is 1.62 bits per heavy atom. The lowest BCUT2D eigenvalue weighted by Gasteiger charge is -2.35. The maximum atomic E-state index is 13.2. The Balaban J connectivity index is 1.29. The Kier molecular flexibility index (Phi) is 5.41. The molecule has 4 heterocycles. The fourth-order valence-electron chi connectivity index (χ4n) is 3.94. The summed E-state index contributed by atoms with van der Waals surface area (Å²) in [6.45, 7) is 4.72. The fraction of sp³-hybridized carbons (Fsp3) is 0.273. The first kappa shape index (κ1) is 21.0. The molecule has 8 nitrogen and oxygen atoms in total. The molecule has 2 N–H and O–H groups in total. The van der Waals surface area contributed by atoms with Gasteiger partial charge in [0.15, 0.2) is 0 Å². The summed E-state index contributed by atoms with van der Waals surface area (Å²) in [5, 5.41) is 12.0. The molecule has 0 amide bonds. The minimum absolute atomic E-state index is 0.343. The number of aliphatic hydroxyl groups is 1. The number of aromatic nitrogens is 5. The van der Waals surface area contributed by atoms with E-state index in [4.69, 9.17) is 0 Å². The summed E-state index contributed by atoms with van der Waals surface area (Å²) >= 11 is 2.24. The predicted octanol–water partition coefficient (Wildman–Crippen LogP) is 3.07. The molecule has 1 aromatic carbocycles. The second kappa shape index (κ2) is 8.24. The van der Waals surface area contributed by atoms with Gasteiger partial charge in [-0.15, -0.1) is 0 Å². The highest BCUT2D eigenvalue weighted by Gasteiger charge is 2.28. The van der Waals surface area contributed by atoms with Gasteiger partial charge in [0.2, 0.25) is 5.95 Å². The molecule has 0 aliphatic carbocycles. The van der Waals surface area contributed by atoms with Gasteiger partial charge in [-0.05, 0) is 53.3 Å². The quantitative estimate of drug-likeness (QED) is 0.381. The van der Waals surface area contributed by atoms with E-state index in [2.05, 4.69) is 63.4 Å². The number of benzene rings is 1. The van der Waals surface area contributed by atoms with E-state index >= 15 is 0 Å². The Bertz CT molecular complexity index is 1240. The molecule has 0 bridgehead atoms. The molecule has 0 saturated carbocycles. The van der Waals surface area contributed by atoms with Gasteiger partial charge in [-0.2, -0.15) is 0 Å². The van der Waals surface area contributed by atoms with Crippen molar-refractivity contribution in [1.82, 2.24) is 24.9 Å². The van der Waals surface area contributed by atoms with Crippen LogP contribution in [0.25, 0.3) is 11.0 Å². The molecule has 1 saturated heterocycles. The third-order valence-electron chi connectivity index (χ3n) is 5.84. The highest BCUT2D eigenvalue weighted by atomic mass is 127. The van der Waals surface area contributed by atoms with Gasteiger partial charge in [-0.25, -0.2) is 24.3 Å². The molecule has 1 aliphatic heterocycles. The molecule has 0 radical (unpaired) electrons. The van der Waals surface area contributed by atoms with Crippen molar-refractivity contribution in [3.05, 3.63) is 69.7 Å². The lowest BCUT2D eigenvalue weighted by atomic mass is 9.90. The van der Waals surface area contributed by atoms with E-state index in [1.54, 1.807) is 37.8 Å². The largest absolute Gasteiger partial charge is 0.381 e. The first-order valence-corrected chi connectivity index (χ1v) is 11.3. The van der Waals surface area contributed by atoms with Gasteiger partial charge in [0.25, 0.3) is 0 Å². The Morgan fingerprint density at radius 1 is 0.969 bits per heavy atom. The molecule has 0 spiro atoms. The zero-order valence-electron chi connectivity index (χ0n) is 17.3. The molecular formula is C22H21FIN7O. The summed E-state index contributed by atoms with van der Waals surface area (Å²) in [6.07, 6.45) is 4.85. The summed E-state index contributed by atoms with van der Waals surface area (Å²) in [6, 6.07) is 7.86. The van der Waals surface area contributed by atoms with Crippen molar-refractivity contribution in [2.24, 2.45) is 0 Å². The van der Waals surface area contributed by atoms with Crippen molar-refractivity contribution in [2.45, 2.75) is 12.5 Å². The molecule has 10 heteroatoms. The lowest BCUT2D eigenvalue weighted by molar-refractivity contribution is 0.101. The number of aromatic amines is 1. The van der Waals surface area contributed by atoms with E-state index in [9.17, 15) is 9.50 Å². The molecule has 3 aromatic heterocycles. The average Bonchev–Trinajstić information content (AvgIpc) is 3.20. The van der Waals surface area contributed by atoms with Gasteiger partial charge in [-0.3, -0.25) is 0 Å². The summed E-state index contributed by atoms with van der Waals surface area (Å²) in [5.74, 6) is 1.21. The molecule has 1 aliphatic rings. The van der Waals surface area contributed by atoms with Gasteiger partial charge in [0.1, 0.15) is 29.2 Å². The van der Waals surface area contributed by atoms with E-state index in [0.717, 1.165) is 46.7 Å². The topological polar surface area (TPSA) is 94.1 Å². The van der Waals surface area contributed by atoms with Crippen LogP contribution in [-0.2, 0) is 5.60 Å². The van der Waals surface area contributed by atoms with Gasteiger partial charge >= 0.3 is 0 Å². The number of hydrogen-bond acceptors (Lipinski definition) is 7. The summed E-state index contributed by atoms with van der Waals surface area (Å²) in [5.41, 5.74) is 0.669. The standard InChI is InChI=1S/C22H21FIN7O/c1-22(32,14-2-4-16(23)5-3-14)15-11-25-21(26-12-15)31-8-6-30(7-9-31)20-17-10-18(24)29-19(17)27-13-28-20/h2-5,10-13,32H,6-9H2,1H3,(H,27,28,29). The smallest absolute Gasteiger partial charge is 0.225 e. The van der Waals surface area contributed by atoms with Crippen LogP contribution in [0.1, 0.15) is 18.1 Å². The van der Waals surface area contributed by atoms with Crippen LogP contribution >= 0.6 is 22.6 Å². The lowest BCUT2D eigenvalue weighted by Crippen LogP contribution is -2.47. The van der Waals surface area contributed by atoms with E-state index < -0.39 is 5.60 Å². The van der Waals surface area contributed by atoms with Crippen molar-refractivity contribution in [3.8, 4) is 0 Å². The number of piperazine rings is 1. The highest BCUT2D eigenvalue weighted by molar-refractivity contribution is 14.1. The number of rotatable bonds is 4. The van der Waals surface area contributed by atoms with Crippen LogP contribution in [0.5, 0.6) is 0 Å². The third kappa shape index (κ3) is 3.88. The first-order valence-electron chi connectivity index (χ1n) is 10.2. The number of fused-ring (bicyclic) bond motifs is 1. The van der Waals surface area contributed by atoms with Gasteiger partial charge in [-0.1, -0.05) is 12.1 Å². The summed E-state index contributed by atoms with van der Waals surface area (Å²) in [4.78, 5) is 25.4. The Hall–Kier alpha value is -2.86. The van der Waals surface area contributed by atoms with E-state index in [1.807, 2.05) is 0 Å². The van der Waals surface area contributed by atoms with E-state index in [0.29, 0.717) is 17.1 Å². The molecule has 164 valence electrons. The molecule has 4 aromatic rings. The van der Waals surface area contributed by atoms with Crippen molar-refractivity contribution in [1.29, 1.82) is 0 Å². The maximum Gasteiger partial charge on any atom is 0.225 e. The van der Waals surface area contributed by atoms with Crippen LogP contribution in [0.15, 0.2) is 49.1 Å². The van der Waals surface area contributed by atoms with Crippen LogP contribution in [0, 0.1) is 9.52 Å². The van der Waals surface area contributed by atoms with Crippen molar-refractivity contribution in [2.75, 3.05) is 36.0 Å². The SMILES string of the molecule is CC(O)(c1ccc(F)cc1)c1cnc(N2CCN(c3ncnc4[nH]c(I)cc34)CC2)nc1. The Morgan fingerprint density at radius 3 is 2.31 bits per heavy atom. The summed E-state index contributed by atoms with van der Waals surface area (Å²) < 4.78 is 14.3. The zero-order chi connectivity index (χ0) is 22.3. The number of hydrogen-bond donors (Lipinski definition) is 2. The normalized spacial score (nSPS) is 16.4. The van der Waals surface area contributed by atoms with E-state index in [1.165, 1.54) is 12.1 Å². The van der Waals surface area contributed by atoms with Gasteiger partial charge < -0.3 is 19.9 Å². The molecule has 1 unspecified atom stereocenters. The number of nitrogens with zero attached hydrogens (tertiary/aromatic N) is 6. The molecule has 1 atom stereocenters. The van der Waals surface area contributed by atoms with Crippen LogP contribution < -0.4 is 9.80 Å². The minimum atomic E-state index is -1.31. The van der Waals surface area contributed by atoms with Crippen molar-refractivity contribution >= 4 is 45.4 Å². The number of halogens is 2. The van der Waals surface area contributed by atoms with Crippen LogP contribution in [-0.4, -0.2) is 56.2 Å². The molecular weight excluding hydrogens is 524 g/mol. The zero-order valence-corrected chi connectivity index (χ0v) is 19.5. The monoisotopic (exact) mass is 545 g/mol. The van der Waals surface area contributed by atoms with Crippen LogP contribution in [0.3, 0.4) is 0 Å². The minimum Gasteiger partial charge on any atom is -0.381 e. The fourth-order valence-corrected chi connectivity index (χ4v) is 4.51. The van der Waals surface area contributed by atoms with Gasteiger partial charge in [0.05, 0.1) is 9.09 Å². The van der Waals surface area contributed by atoms with E-state index in [-0.39, 0.29) is 5.82 Å². The van der Waals surface area contributed by atoms with Crippen LogP contribution in [0.2, 0.25) is 0 Å². The Labute approximate surface area is 197 Å². The maximum absolute atomic E-state index is 13.2. The first-order chi connectivity index (χ1) is 15.4. The van der Waals surface area contributed by atoms with Crippen LogP contribution in [0.4, 0.5) is 16.2 Å². The molecule has 1 fully saturated rings. The second-order valence-electron chi connectivity index (χ2n) is 7.90. The number of nitrogens with one attached hydrogen (secondary N) is 1. The highest BCUT2D eigenvalue weighted by Crippen LogP contribution is 2.29. The number of anilines is 2. The predicted molar refractivity (Wildman–Crippen MR) is 128 cm³/mol. The molecule has 32 heavy (non-hydrogen) atoms. The van der Waals surface area contributed by atoms with Crippen molar-refractivity contribution in [3.63, 3.8) is 0 Å². The average molecular weight is 545 g/mol. The second-order valence-corrected chi connectivity index (χ2v) is 9.06.